The van der Waals surface area contributed by atoms with E-state index in [0.717, 1.165) is 0 Å². The minimum Gasteiger partial charge on any atom is -0.273 e. The predicted octanol–water partition coefficient (Wildman–Crippen LogP) is 3.34. The van der Waals surface area contributed by atoms with Gasteiger partial charge in [-0.3, -0.25) is 9.59 Å². The third-order valence-electron chi connectivity index (χ3n) is 4.77. The van der Waals surface area contributed by atoms with E-state index >= 15 is 0 Å². The number of hydrogen-bond donors (Lipinski definition) is 1. The maximum atomic E-state index is 13.2. The first-order valence-corrected chi connectivity index (χ1v) is 11.7. The molecule has 0 aliphatic carbocycles. The summed E-state index contributed by atoms with van der Waals surface area (Å²) in [5.74, 6) is -0.814. The molecule has 32 heavy (non-hydrogen) atoms. The fourth-order valence-electron chi connectivity index (χ4n) is 3.27. The van der Waals surface area contributed by atoms with Crippen LogP contribution < -0.4 is 11.0 Å². The Morgan fingerprint density at radius 2 is 1.50 bits per heavy atom. The Morgan fingerprint density at radius 1 is 0.875 bits per heavy atom. The molecule has 1 N–H and O–H groups in total. The summed E-state index contributed by atoms with van der Waals surface area (Å²) in [7, 11) is -3.92. The molecule has 0 fully saturated rings. The summed E-state index contributed by atoms with van der Waals surface area (Å²) < 4.78 is 26.4. The second kappa shape index (κ2) is 8.94. The van der Waals surface area contributed by atoms with Crippen LogP contribution in [0.5, 0.6) is 0 Å². The highest BCUT2D eigenvalue weighted by Crippen LogP contribution is 2.21. The third-order valence-corrected chi connectivity index (χ3v) is 6.63. The zero-order chi connectivity index (χ0) is 22.7. The number of carbonyl (C=O) groups is 1. The lowest BCUT2D eigenvalue weighted by Crippen LogP contribution is -2.37. The zero-order valence-electron chi connectivity index (χ0n) is 16.7. The topological polar surface area (TPSA) is 98.1 Å². The molecule has 0 unspecified atom stereocenters. The highest BCUT2D eigenvalue weighted by atomic mass is 35.5. The number of nitrogens with one attached hydrogen (secondary N) is 1. The molecule has 4 aromatic rings. The fourth-order valence-corrected chi connectivity index (χ4v) is 4.89. The van der Waals surface area contributed by atoms with Crippen molar-refractivity contribution in [3.05, 3.63) is 105 Å². The fraction of sp³-hybridized carbons (Fsp3) is 0.0870. The van der Waals surface area contributed by atoms with Crippen molar-refractivity contribution in [2.45, 2.75) is 17.2 Å². The molecule has 162 valence electrons. The molecule has 0 aliphatic rings. The maximum Gasteiger partial charge on any atom is 0.294 e. The van der Waals surface area contributed by atoms with Crippen LogP contribution in [0.4, 0.5) is 0 Å². The van der Waals surface area contributed by atoms with Crippen molar-refractivity contribution in [1.29, 1.82) is 0 Å². The second-order valence-corrected chi connectivity index (χ2v) is 9.49. The van der Waals surface area contributed by atoms with Crippen LogP contribution in [0.15, 0.2) is 88.7 Å². The number of amides is 1. The number of hydrogen-bond acceptors (Lipinski definition) is 5. The Kier molecular flexibility index (Phi) is 6.07. The molecule has 3 aromatic carbocycles. The molecule has 4 rings (SSSR count). The van der Waals surface area contributed by atoms with E-state index in [1.807, 2.05) is 0 Å². The van der Waals surface area contributed by atoms with Crippen molar-refractivity contribution in [1.82, 2.24) is 9.89 Å². The highest BCUT2D eigenvalue weighted by Gasteiger charge is 2.23. The van der Waals surface area contributed by atoms with Gasteiger partial charge in [-0.05, 0) is 29.3 Å². The normalized spacial score (nSPS) is 11.4. The van der Waals surface area contributed by atoms with Gasteiger partial charge in [0, 0.05) is 10.4 Å². The van der Waals surface area contributed by atoms with Gasteiger partial charge in [0.2, 0.25) is 15.7 Å². The number of benzene rings is 3. The molecule has 0 radical (unpaired) electrons. The number of rotatable bonds is 6. The van der Waals surface area contributed by atoms with Crippen molar-refractivity contribution < 1.29 is 13.2 Å². The van der Waals surface area contributed by atoms with E-state index in [9.17, 15) is 18.0 Å². The molecular weight excluding hydrogens is 450 g/mol. The Bertz CT molecular complexity index is 1450. The van der Waals surface area contributed by atoms with Crippen LogP contribution in [0.25, 0.3) is 10.8 Å². The Balaban J connectivity index is 1.72. The van der Waals surface area contributed by atoms with E-state index in [-0.39, 0.29) is 28.0 Å². The molecule has 0 spiro atoms. The summed E-state index contributed by atoms with van der Waals surface area (Å²) in [5, 5.41) is 4.63. The standard InChI is InChI=1S/C23H18ClN3O4S/c24-18-12-10-16(11-13-18)14-21(28)25-27-23(29)20-9-5-4-8-19(20)22(26-27)32(30,31)15-17-6-2-1-3-7-17/h1-13H,14-15H2,(H,25,28). The lowest BCUT2D eigenvalue weighted by Gasteiger charge is -2.12. The van der Waals surface area contributed by atoms with Crippen LogP contribution >= 0.6 is 11.6 Å². The van der Waals surface area contributed by atoms with E-state index in [1.165, 1.54) is 12.1 Å². The minimum absolute atomic E-state index is 0.0375. The average molecular weight is 468 g/mol. The number of fused-ring (bicyclic) bond motifs is 1. The SMILES string of the molecule is O=C(Cc1ccc(Cl)cc1)Nn1nc(S(=O)(=O)Cc2ccccc2)c2ccccc2c1=O. The molecule has 1 amide bonds. The Hall–Kier alpha value is -3.49. The third kappa shape index (κ3) is 4.71. The number of halogens is 1. The first kappa shape index (κ1) is 21.7. The van der Waals surface area contributed by atoms with Gasteiger partial charge in [0.05, 0.1) is 17.6 Å². The number of nitrogens with zero attached hydrogens (tertiary/aromatic N) is 2. The lowest BCUT2D eigenvalue weighted by molar-refractivity contribution is -0.116. The van der Waals surface area contributed by atoms with Crippen LogP contribution in [0.1, 0.15) is 11.1 Å². The number of sulfone groups is 1. The average Bonchev–Trinajstić information content (AvgIpc) is 2.77. The summed E-state index contributed by atoms with van der Waals surface area (Å²) in [6.45, 7) is 0. The minimum atomic E-state index is -3.92. The van der Waals surface area contributed by atoms with Crippen LogP contribution in [0.2, 0.25) is 5.02 Å². The summed E-state index contributed by atoms with van der Waals surface area (Å²) in [6, 6.07) is 21.6. The smallest absolute Gasteiger partial charge is 0.273 e. The van der Waals surface area contributed by atoms with E-state index < -0.39 is 21.3 Å². The van der Waals surface area contributed by atoms with Gasteiger partial charge >= 0.3 is 0 Å². The van der Waals surface area contributed by atoms with Crippen molar-refractivity contribution in [2.24, 2.45) is 0 Å². The lowest BCUT2D eigenvalue weighted by atomic mass is 10.1. The molecular formula is C23H18ClN3O4S. The molecule has 0 aliphatic heterocycles. The zero-order valence-corrected chi connectivity index (χ0v) is 18.3. The molecule has 7 nitrogen and oxygen atoms in total. The van der Waals surface area contributed by atoms with Gasteiger partial charge in [-0.1, -0.05) is 72.3 Å². The predicted molar refractivity (Wildman–Crippen MR) is 123 cm³/mol. The van der Waals surface area contributed by atoms with E-state index in [2.05, 4.69) is 10.5 Å². The first-order valence-electron chi connectivity index (χ1n) is 9.66. The quantitative estimate of drug-likeness (QED) is 0.469. The van der Waals surface area contributed by atoms with Gasteiger partial charge in [-0.25, -0.2) is 13.8 Å². The van der Waals surface area contributed by atoms with Crippen molar-refractivity contribution in [3.63, 3.8) is 0 Å². The van der Waals surface area contributed by atoms with Crippen molar-refractivity contribution in [2.75, 3.05) is 5.43 Å². The molecule has 0 bridgehead atoms. The summed E-state index contributed by atoms with van der Waals surface area (Å²) >= 11 is 5.86. The molecule has 0 saturated heterocycles. The Labute approximate surface area is 189 Å². The molecule has 0 atom stereocenters. The van der Waals surface area contributed by atoms with Gasteiger partial charge in [0.1, 0.15) is 0 Å². The van der Waals surface area contributed by atoms with Crippen LogP contribution in [-0.2, 0) is 26.8 Å². The van der Waals surface area contributed by atoms with Gasteiger partial charge in [0.25, 0.3) is 5.56 Å². The van der Waals surface area contributed by atoms with Crippen LogP contribution in [-0.4, -0.2) is 24.2 Å². The summed E-state index contributed by atoms with van der Waals surface area (Å²) in [5.41, 5.74) is 3.04. The van der Waals surface area contributed by atoms with Crippen molar-refractivity contribution >= 4 is 38.1 Å². The van der Waals surface area contributed by atoms with Gasteiger partial charge in [-0.2, -0.15) is 0 Å². The Morgan fingerprint density at radius 3 is 2.19 bits per heavy atom. The number of aromatic nitrogens is 2. The van der Waals surface area contributed by atoms with E-state index in [4.69, 9.17) is 11.6 Å². The molecule has 9 heteroatoms. The largest absolute Gasteiger partial charge is 0.294 e. The second-order valence-electron chi connectivity index (χ2n) is 7.15. The van der Waals surface area contributed by atoms with Crippen LogP contribution in [0, 0.1) is 0 Å². The van der Waals surface area contributed by atoms with Crippen LogP contribution in [0.3, 0.4) is 0 Å². The maximum absolute atomic E-state index is 13.2. The van der Waals surface area contributed by atoms with E-state index in [0.29, 0.717) is 20.9 Å². The van der Waals surface area contributed by atoms with E-state index in [1.54, 1.807) is 66.7 Å². The molecule has 0 saturated carbocycles. The molecule has 1 heterocycles. The molecule has 1 aromatic heterocycles. The highest BCUT2D eigenvalue weighted by molar-refractivity contribution is 7.90. The van der Waals surface area contributed by atoms with Gasteiger partial charge in [0.15, 0.2) is 5.03 Å². The monoisotopic (exact) mass is 467 g/mol. The summed E-state index contributed by atoms with van der Waals surface area (Å²) in [4.78, 5) is 26.1. The first-order chi connectivity index (χ1) is 15.3. The van der Waals surface area contributed by atoms with Gasteiger partial charge in [-0.15, -0.1) is 9.89 Å². The van der Waals surface area contributed by atoms with Crippen molar-refractivity contribution in [3.8, 4) is 0 Å². The van der Waals surface area contributed by atoms with Gasteiger partial charge < -0.3 is 0 Å². The number of carbonyl (C=O) groups excluding carboxylic acids is 1. The summed E-state index contributed by atoms with van der Waals surface area (Å²) in [6.07, 6.45) is -0.0375.